The summed E-state index contributed by atoms with van der Waals surface area (Å²) in [6.07, 6.45) is 1.82. The van der Waals surface area contributed by atoms with Gasteiger partial charge in [0.05, 0.1) is 5.69 Å². The van der Waals surface area contributed by atoms with Crippen molar-refractivity contribution < 1.29 is 9.90 Å². The SMILES string of the molecule is CSc1nc(C(C)C)nc(C)c1C(=O)O. The Morgan fingerprint density at radius 1 is 1.40 bits per heavy atom. The zero-order valence-corrected chi connectivity index (χ0v) is 10.1. The zero-order valence-electron chi connectivity index (χ0n) is 9.24. The van der Waals surface area contributed by atoms with Crippen LogP contribution in [0.2, 0.25) is 0 Å². The molecular formula is C10H14N2O2S. The molecule has 4 nitrogen and oxygen atoms in total. The summed E-state index contributed by atoms with van der Waals surface area (Å²) in [4.78, 5) is 19.4. The number of aromatic nitrogens is 2. The molecule has 0 spiro atoms. The molecule has 0 atom stereocenters. The fourth-order valence-electron chi connectivity index (χ4n) is 1.22. The van der Waals surface area contributed by atoms with E-state index in [0.29, 0.717) is 16.5 Å². The number of carboxylic acid groups (broad SMARTS) is 1. The summed E-state index contributed by atoms with van der Waals surface area (Å²) >= 11 is 1.34. The Kier molecular flexibility index (Phi) is 3.68. The highest BCUT2D eigenvalue weighted by molar-refractivity contribution is 7.98. The Morgan fingerprint density at radius 2 is 2.00 bits per heavy atom. The molecule has 0 aliphatic rings. The molecule has 1 aromatic heterocycles. The summed E-state index contributed by atoms with van der Waals surface area (Å²) in [6.45, 7) is 5.68. The molecule has 1 aromatic rings. The lowest BCUT2D eigenvalue weighted by Gasteiger charge is -2.10. The minimum atomic E-state index is -0.966. The van der Waals surface area contributed by atoms with Crippen molar-refractivity contribution >= 4 is 17.7 Å². The lowest BCUT2D eigenvalue weighted by Crippen LogP contribution is -2.10. The third-order valence-electron chi connectivity index (χ3n) is 2.00. The number of carbonyl (C=O) groups is 1. The molecule has 0 unspecified atom stereocenters. The van der Waals surface area contributed by atoms with Gasteiger partial charge in [0.25, 0.3) is 0 Å². The van der Waals surface area contributed by atoms with E-state index in [4.69, 9.17) is 5.11 Å². The fraction of sp³-hybridized carbons (Fsp3) is 0.500. The van der Waals surface area contributed by atoms with Gasteiger partial charge in [-0.3, -0.25) is 0 Å². The number of carboxylic acids is 1. The second-order valence-corrected chi connectivity index (χ2v) is 4.31. The average molecular weight is 226 g/mol. The highest BCUT2D eigenvalue weighted by atomic mass is 32.2. The van der Waals surface area contributed by atoms with E-state index >= 15 is 0 Å². The zero-order chi connectivity index (χ0) is 11.6. The minimum Gasteiger partial charge on any atom is -0.478 e. The summed E-state index contributed by atoms with van der Waals surface area (Å²) in [6, 6.07) is 0. The molecule has 0 amide bonds. The Labute approximate surface area is 93.1 Å². The Morgan fingerprint density at radius 3 is 2.40 bits per heavy atom. The van der Waals surface area contributed by atoms with Gasteiger partial charge in [-0.25, -0.2) is 14.8 Å². The number of rotatable bonds is 3. The first kappa shape index (κ1) is 12.0. The van der Waals surface area contributed by atoms with E-state index in [1.54, 1.807) is 6.92 Å². The number of hydrogen-bond donors (Lipinski definition) is 1. The average Bonchev–Trinajstić information content (AvgIpc) is 2.15. The van der Waals surface area contributed by atoms with Gasteiger partial charge in [0.15, 0.2) is 0 Å². The molecule has 82 valence electrons. The Hall–Kier alpha value is -1.10. The van der Waals surface area contributed by atoms with Crippen LogP contribution < -0.4 is 0 Å². The van der Waals surface area contributed by atoms with E-state index in [2.05, 4.69) is 9.97 Å². The largest absolute Gasteiger partial charge is 0.478 e. The van der Waals surface area contributed by atoms with Crippen LogP contribution >= 0.6 is 11.8 Å². The molecule has 0 saturated carbocycles. The van der Waals surface area contributed by atoms with Gasteiger partial charge in [-0.05, 0) is 13.2 Å². The van der Waals surface area contributed by atoms with Gasteiger partial charge in [0.2, 0.25) is 0 Å². The molecule has 0 saturated heterocycles. The van der Waals surface area contributed by atoms with Crippen LogP contribution in [0, 0.1) is 6.92 Å². The number of hydrogen-bond acceptors (Lipinski definition) is 4. The van der Waals surface area contributed by atoms with Gasteiger partial charge >= 0.3 is 5.97 Å². The van der Waals surface area contributed by atoms with E-state index in [-0.39, 0.29) is 11.5 Å². The standard InChI is InChI=1S/C10H14N2O2S/c1-5(2)8-11-6(3)7(10(13)14)9(12-8)15-4/h5H,1-4H3,(H,13,14). The van der Waals surface area contributed by atoms with Crippen LogP contribution in [-0.2, 0) is 0 Å². The van der Waals surface area contributed by atoms with Crippen molar-refractivity contribution in [3.05, 3.63) is 17.1 Å². The molecule has 1 rings (SSSR count). The van der Waals surface area contributed by atoms with E-state index in [1.807, 2.05) is 20.1 Å². The normalized spacial score (nSPS) is 10.7. The topological polar surface area (TPSA) is 63.1 Å². The van der Waals surface area contributed by atoms with E-state index in [0.717, 1.165) is 0 Å². The molecule has 0 aromatic carbocycles. The number of aryl methyl sites for hydroxylation is 1. The van der Waals surface area contributed by atoms with Crippen molar-refractivity contribution in [2.45, 2.75) is 31.7 Å². The van der Waals surface area contributed by atoms with Crippen molar-refractivity contribution in [3.8, 4) is 0 Å². The quantitative estimate of drug-likeness (QED) is 0.633. The highest BCUT2D eigenvalue weighted by Gasteiger charge is 2.18. The van der Waals surface area contributed by atoms with Crippen LogP contribution in [0.3, 0.4) is 0 Å². The molecule has 15 heavy (non-hydrogen) atoms. The molecule has 0 fully saturated rings. The first-order chi connectivity index (χ1) is 6.97. The van der Waals surface area contributed by atoms with Crippen LogP contribution in [0.5, 0.6) is 0 Å². The second-order valence-electron chi connectivity index (χ2n) is 3.51. The molecule has 5 heteroatoms. The monoisotopic (exact) mass is 226 g/mol. The van der Waals surface area contributed by atoms with E-state index < -0.39 is 5.97 Å². The lowest BCUT2D eigenvalue weighted by atomic mass is 10.2. The van der Waals surface area contributed by atoms with Crippen molar-refractivity contribution in [3.63, 3.8) is 0 Å². The van der Waals surface area contributed by atoms with Gasteiger partial charge in [-0.15, -0.1) is 11.8 Å². The second kappa shape index (κ2) is 4.61. The maximum absolute atomic E-state index is 11.0. The van der Waals surface area contributed by atoms with Crippen LogP contribution in [0.15, 0.2) is 5.03 Å². The predicted octanol–water partition coefficient (Wildman–Crippen LogP) is 2.33. The number of nitrogens with zero attached hydrogens (tertiary/aromatic N) is 2. The summed E-state index contributed by atoms with van der Waals surface area (Å²) in [5.41, 5.74) is 0.748. The molecule has 1 heterocycles. The van der Waals surface area contributed by atoms with Gasteiger partial charge in [-0.2, -0.15) is 0 Å². The minimum absolute atomic E-state index is 0.206. The Bertz CT molecular complexity index is 391. The molecule has 1 N–H and O–H groups in total. The molecule has 0 aliphatic carbocycles. The van der Waals surface area contributed by atoms with Crippen LogP contribution in [-0.4, -0.2) is 27.3 Å². The van der Waals surface area contributed by atoms with Crippen molar-refractivity contribution in [1.29, 1.82) is 0 Å². The first-order valence-electron chi connectivity index (χ1n) is 4.63. The fourth-order valence-corrected chi connectivity index (χ4v) is 1.84. The number of thioether (sulfide) groups is 1. The molecule has 0 radical (unpaired) electrons. The third kappa shape index (κ3) is 2.47. The molecule has 0 bridgehead atoms. The van der Waals surface area contributed by atoms with E-state index in [9.17, 15) is 4.79 Å². The highest BCUT2D eigenvalue weighted by Crippen LogP contribution is 2.22. The lowest BCUT2D eigenvalue weighted by molar-refractivity contribution is 0.0690. The summed E-state index contributed by atoms with van der Waals surface area (Å²) in [5.74, 6) is -0.0635. The first-order valence-corrected chi connectivity index (χ1v) is 5.85. The summed E-state index contributed by atoms with van der Waals surface area (Å²) in [5, 5.41) is 9.55. The molecular weight excluding hydrogens is 212 g/mol. The van der Waals surface area contributed by atoms with Crippen LogP contribution in [0.25, 0.3) is 0 Å². The van der Waals surface area contributed by atoms with E-state index in [1.165, 1.54) is 11.8 Å². The number of aromatic carboxylic acids is 1. The van der Waals surface area contributed by atoms with Gasteiger partial charge in [0, 0.05) is 5.92 Å². The smallest absolute Gasteiger partial charge is 0.340 e. The summed E-state index contributed by atoms with van der Waals surface area (Å²) in [7, 11) is 0. The van der Waals surface area contributed by atoms with Crippen molar-refractivity contribution in [2.24, 2.45) is 0 Å². The van der Waals surface area contributed by atoms with Crippen molar-refractivity contribution in [1.82, 2.24) is 9.97 Å². The van der Waals surface area contributed by atoms with Gasteiger partial charge in [-0.1, -0.05) is 13.8 Å². The predicted molar refractivity (Wildman–Crippen MR) is 59.6 cm³/mol. The van der Waals surface area contributed by atoms with Gasteiger partial charge in [0.1, 0.15) is 16.4 Å². The molecule has 0 aliphatic heterocycles. The maximum atomic E-state index is 11.0. The van der Waals surface area contributed by atoms with Gasteiger partial charge < -0.3 is 5.11 Å². The maximum Gasteiger partial charge on any atom is 0.340 e. The van der Waals surface area contributed by atoms with Crippen molar-refractivity contribution in [2.75, 3.05) is 6.26 Å². The summed E-state index contributed by atoms with van der Waals surface area (Å²) < 4.78 is 0. The van der Waals surface area contributed by atoms with Crippen LogP contribution in [0.4, 0.5) is 0 Å². The van der Waals surface area contributed by atoms with Crippen LogP contribution in [0.1, 0.15) is 41.6 Å². The third-order valence-corrected chi connectivity index (χ3v) is 2.68. The Balaban J connectivity index is 3.37.